The van der Waals surface area contributed by atoms with Crippen LogP contribution in [-0.2, 0) is 6.54 Å². The predicted molar refractivity (Wildman–Crippen MR) is 113 cm³/mol. The second kappa shape index (κ2) is 7.25. The molecular weight excluding hydrogens is 364 g/mol. The molecule has 148 valence electrons. The largest absolute Gasteiger partial charge is 0.389 e. The van der Waals surface area contributed by atoms with Gasteiger partial charge in [-0.3, -0.25) is 0 Å². The average Bonchev–Trinajstić information content (AvgIpc) is 3.23. The summed E-state index contributed by atoms with van der Waals surface area (Å²) in [5.41, 5.74) is 2.90. The van der Waals surface area contributed by atoms with Gasteiger partial charge in [0, 0.05) is 23.1 Å². The maximum atomic E-state index is 10.3. The Morgan fingerprint density at radius 3 is 2.52 bits per heavy atom. The first-order chi connectivity index (χ1) is 13.8. The van der Waals surface area contributed by atoms with Crippen LogP contribution in [0.1, 0.15) is 36.9 Å². The Bertz CT molecular complexity index is 1180. The van der Waals surface area contributed by atoms with E-state index >= 15 is 0 Å². The van der Waals surface area contributed by atoms with Crippen LogP contribution >= 0.6 is 0 Å². The lowest BCUT2D eigenvalue weighted by Gasteiger charge is -2.18. The molecule has 7 nitrogen and oxygen atoms in total. The van der Waals surface area contributed by atoms with Crippen molar-refractivity contribution in [2.24, 2.45) is 0 Å². The Balaban J connectivity index is 1.71. The van der Waals surface area contributed by atoms with Crippen molar-refractivity contribution in [1.82, 2.24) is 29.1 Å². The second-order valence-corrected chi connectivity index (χ2v) is 7.84. The summed E-state index contributed by atoms with van der Waals surface area (Å²) in [7, 11) is 0. The van der Waals surface area contributed by atoms with Gasteiger partial charge in [0.1, 0.15) is 5.82 Å². The third-order valence-electron chi connectivity index (χ3n) is 4.45. The lowest BCUT2D eigenvalue weighted by Crippen LogP contribution is -2.26. The number of nitrogens with zero attached hydrogens (tertiary/aromatic N) is 6. The van der Waals surface area contributed by atoms with Gasteiger partial charge in [-0.1, -0.05) is 30.3 Å². The van der Waals surface area contributed by atoms with Crippen molar-refractivity contribution in [2.45, 2.75) is 39.8 Å². The number of aliphatic hydroxyl groups is 1. The van der Waals surface area contributed by atoms with Crippen LogP contribution in [0.3, 0.4) is 0 Å². The van der Waals surface area contributed by atoms with Crippen LogP contribution < -0.4 is 0 Å². The minimum absolute atomic E-state index is 0.422. The van der Waals surface area contributed by atoms with Crippen molar-refractivity contribution in [3.05, 3.63) is 65.6 Å². The molecule has 1 N–H and O–H groups in total. The molecule has 7 heteroatoms. The van der Waals surface area contributed by atoms with Gasteiger partial charge in [-0.25, -0.2) is 14.5 Å². The predicted octanol–water partition coefficient (Wildman–Crippen LogP) is 3.55. The fourth-order valence-corrected chi connectivity index (χ4v) is 3.26. The Morgan fingerprint density at radius 2 is 1.79 bits per heavy atom. The van der Waals surface area contributed by atoms with Crippen molar-refractivity contribution >= 4 is 17.9 Å². The van der Waals surface area contributed by atoms with Crippen LogP contribution in [0.4, 0.5) is 0 Å². The van der Waals surface area contributed by atoms with Gasteiger partial charge < -0.3 is 9.67 Å². The maximum absolute atomic E-state index is 10.3. The monoisotopic (exact) mass is 388 g/mol. The van der Waals surface area contributed by atoms with E-state index in [9.17, 15) is 5.11 Å². The van der Waals surface area contributed by atoms with Crippen LogP contribution in [-0.4, -0.2) is 39.8 Å². The van der Waals surface area contributed by atoms with E-state index in [1.807, 2.05) is 73.2 Å². The number of aromatic nitrogens is 6. The lowest BCUT2D eigenvalue weighted by atomic mass is 10.1. The van der Waals surface area contributed by atoms with Gasteiger partial charge >= 0.3 is 0 Å². The third kappa shape index (κ3) is 4.25. The zero-order valence-electron chi connectivity index (χ0n) is 17.0. The maximum Gasteiger partial charge on any atom is 0.253 e. The normalized spacial score (nSPS) is 12.3. The molecule has 0 saturated heterocycles. The van der Waals surface area contributed by atoms with E-state index in [1.165, 1.54) is 0 Å². The van der Waals surface area contributed by atoms with Crippen molar-refractivity contribution in [1.29, 1.82) is 0 Å². The molecule has 0 bridgehead atoms. The number of hydrogen-bond acceptors (Lipinski definition) is 5. The number of benzene rings is 1. The third-order valence-corrected chi connectivity index (χ3v) is 4.45. The highest BCUT2D eigenvalue weighted by atomic mass is 16.3. The molecule has 3 heterocycles. The second-order valence-electron chi connectivity index (χ2n) is 7.84. The minimum Gasteiger partial charge on any atom is -0.389 e. The quantitative estimate of drug-likeness (QED) is 0.565. The first-order valence-corrected chi connectivity index (χ1v) is 9.53. The molecular formula is C22H24N6O. The molecule has 1 aromatic carbocycles. The Morgan fingerprint density at radius 1 is 1.03 bits per heavy atom. The lowest BCUT2D eigenvalue weighted by molar-refractivity contribution is 0.0613. The fourth-order valence-electron chi connectivity index (χ4n) is 3.26. The van der Waals surface area contributed by atoms with Gasteiger partial charge in [-0.15, -0.1) is 5.10 Å². The molecule has 0 amide bonds. The van der Waals surface area contributed by atoms with Crippen LogP contribution in [0, 0.1) is 13.8 Å². The van der Waals surface area contributed by atoms with E-state index < -0.39 is 5.60 Å². The van der Waals surface area contributed by atoms with Gasteiger partial charge in [-0.05, 0) is 45.9 Å². The smallest absolute Gasteiger partial charge is 0.253 e. The molecule has 0 aliphatic carbocycles. The van der Waals surface area contributed by atoms with E-state index in [0.717, 1.165) is 28.5 Å². The Hall–Kier alpha value is -3.32. The first kappa shape index (κ1) is 19.0. The van der Waals surface area contributed by atoms with E-state index in [-0.39, 0.29) is 0 Å². The average molecular weight is 388 g/mol. The molecule has 0 spiro atoms. The standard InChI is InChI=1S/C22H24N6O/c1-15-12-16(2)28-21(23-15)25-19(26-28)10-11-20-24-18(17-8-6-5-7-9-17)13-27(20)14-22(3,4)29/h5-13,29H,14H2,1-4H3. The molecule has 0 aliphatic heterocycles. The summed E-state index contributed by atoms with van der Waals surface area (Å²) in [6, 6.07) is 12.0. The molecule has 3 aromatic heterocycles. The van der Waals surface area contributed by atoms with Crippen molar-refractivity contribution in [3.8, 4) is 11.3 Å². The minimum atomic E-state index is -0.864. The highest BCUT2D eigenvalue weighted by Crippen LogP contribution is 2.21. The molecule has 0 radical (unpaired) electrons. The van der Waals surface area contributed by atoms with Crippen molar-refractivity contribution < 1.29 is 5.11 Å². The molecule has 0 fully saturated rings. The number of hydrogen-bond donors (Lipinski definition) is 1. The summed E-state index contributed by atoms with van der Waals surface area (Å²) >= 11 is 0. The zero-order valence-corrected chi connectivity index (χ0v) is 17.0. The summed E-state index contributed by atoms with van der Waals surface area (Å²) in [6.45, 7) is 7.90. The van der Waals surface area contributed by atoms with Gasteiger partial charge in [0.25, 0.3) is 5.78 Å². The summed E-state index contributed by atoms with van der Waals surface area (Å²) in [6.07, 6.45) is 5.65. The SMILES string of the molecule is Cc1cc(C)n2nc(C=Cc3nc(-c4ccccc4)cn3CC(C)(C)O)nc2n1. The summed E-state index contributed by atoms with van der Waals surface area (Å²) in [5.74, 6) is 1.86. The Kier molecular flexibility index (Phi) is 4.76. The number of imidazole rings is 1. The van der Waals surface area contributed by atoms with Gasteiger partial charge in [0.2, 0.25) is 0 Å². The van der Waals surface area contributed by atoms with Crippen LogP contribution in [0.15, 0.2) is 42.6 Å². The molecule has 0 atom stereocenters. The van der Waals surface area contributed by atoms with E-state index in [1.54, 1.807) is 18.4 Å². The summed E-state index contributed by atoms with van der Waals surface area (Å²) < 4.78 is 3.67. The van der Waals surface area contributed by atoms with Gasteiger partial charge in [-0.2, -0.15) is 4.98 Å². The number of aryl methyl sites for hydroxylation is 2. The van der Waals surface area contributed by atoms with Crippen LogP contribution in [0.5, 0.6) is 0 Å². The number of fused-ring (bicyclic) bond motifs is 1. The van der Waals surface area contributed by atoms with Crippen LogP contribution in [0.25, 0.3) is 29.2 Å². The first-order valence-electron chi connectivity index (χ1n) is 9.53. The zero-order chi connectivity index (χ0) is 20.6. The van der Waals surface area contributed by atoms with E-state index in [4.69, 9.17) is 4.98 Å². The van der Waals surface area contributed by atoms with Gasteiger partial charge in [0.15, 0.2) is 5.82 Å². The van der Waals surface area contributed by atoms with Gasteiger partial charge in [0.05, 0.1) is 17.8 Å². The van der Waals surface area contributed by atoms with E-state index in [2.05, 4.69) is 15.1 Å². The van der Waals surface area contributed by atoms with Crippen LogP contribution in [0.2, 0.25) is 0 Å². The summed E-state index contributed by atoms with van der Waals surface area (Å²) in [4.78, 5) is 13.7. The molecule has 0 saturated carbocycles. The molecule has 4 aromatic rings. The fraction of sp³-hybridized carbons (Fsp3) is 0.273. The molecule has 0 aliphatic rings. The summed E-state index contributed by atoms with van der Waals surface area (Å²) in [5, 5.41) is 14.8. The highest BCUT2D eigenvalue weighted by molar-refractivity contribution is 5.67. The highest BCUT2D eigenvalue weighted by Gasteiger charge is 2.17. The Labute approximate surface area is 169 Å². The molecule has 4 rings (SSSR count). The van der Waals surface area contributed by atoms with Crippen molar-refractivity contribution in [3.63, 3.8) is 0 Å². The molecule has 0 unspecified atom stereocenters. The van der Waals surface area contributed by atoms with E-state index in [0.29, 0.717) is 18.1 Å². The molecule has 29 heavy (non-hydrogen) atoms. The number of rotatable bonds is 5. The topological polar surface area (TPSA) is 81.1 Å². The van der Waals surface area contributed by atoms with Crippen molar-refractivity contribution in [2.75, 3.05) is 0 Å².